The molecule has 0 saturated heterocycles. The highest BCUT2D eigenvalue weighted by Gasteiger charge is 2.44. The molecule has 0 unspecified atom stereocenters. The molecule has 0 radical (unpaired) electrons. The van der Waals surface area contributed by atoms with Crippen LogP contribution in [0.25, 0.3) is 10.9 Å². The van der Waals surface area contributed by atoms with Gasteiger partial charge >= 0.3 is 0 Å². The predicted octanol–water partition coefficient (Wildman–Crippen LogP) is 3.20. The van der Waals surface area contributed by atoms with E-state index in [1.807, 2.05) is 25.1 Å². The van der Waals surface area contributed by atoms with Gasteiger partial charge in [0.1, 0.15) is 5.75 Å². The van der Waals surface area contributed by atoms with Crippen LogP contribution >= 0.6 is 11.6 Å². The number of nitrogens with one attached hydrogen (secondary N) is 2. The zero-order valence-electron chi connectivity index (χ0n) is 13.6. The molecule has 1 saturated carbocycles. The van der Waals surface area contributed by atoms with Crippen LogP contribution in [0.2, 0.25) is 5.02 Å². The minimum Gasteiger partial charge on any atom is -0.484 e. The van der Waals surface area contributed by atoms with Gasteiger partial charge in [-0.05, 0) is 25.0 Å². The summed E-state index contributed by atoms with van der Waals surface area (Å²) in [5.74, 6) is 1.08. The van der Waals surface area contributed by atoms with E-state index in [1.165, 1.54) is 6.39 Å². The lowest BCUT2D eigenvalue weighted by Gasteiger charge is -2.08. The monoisotopic (exact) mass is 360 g/mol. The van der Waals surface area contributed by atoms with Gasteiger partial charge in [-0.15, -0.1) is 0 Å². The molecule has 4 rings (SSSR count). The van der Waals surface area contributed by atoms with Crippen LogP contribution in [0.3, 0.4) is 0 Å². The Balaban J connectivity index is 1.47. The summed E-state index contributed by atoms with van der Waals surface area (Å²) in [6.45, 7) is 2.62. The van der Waals surface area contributed by atoms with E-state index in [0.29, 0.717) is 23.1 Å². The van der Waals surface area contributed by atoms with Gasteiger partial charge < -0.3 is 19.6 Å². The van der Waals surface area contributed by atoms with Crippen molar-refractivity contribution in [3.8, 4) is 5.75 Å². The largest absolute Gasteiger partial charge is 0.484 e. The Labute approximate surface area is 148 Å². The third-order valence-electron chi connectivity index (χ3n) is 4.48. The van der Waals surface area contributed by atoms with Crippen LogP contribution in [0.5, 0.6) is 5.75 Å². The average molecular weight is 361 g/mol. The summed E-state index contributed by atoms with van der Waals surface area (Å²) in [5.41, 5.74) is 1.62. The number of carbonyl (C=O) groups excluding carboxylic acids is 1. The lowest BCUT2D eigenvalue weighted by atomic mass is 10.1. The van der Waals surface area contributed by atoms with Crippen LogP contribution in [0.4, 0.5) is 0 Å². The molecule has 2 heterocycles. The predicted molar refractivity (Wildman–Crippen MR) is 91.1 cm³/mol. The van der Waals surface area contributed by atoms with Gasteiger partial charge in [0, 0.05) is 28.1 Å². The quantitative estimate of drug-likeness (QED) is 0.704. The van der Waals surface area contributed by atoms with Gasteiger partial charge in [-0.3, -0.25) is 4.79 Å². The summed E-state index contributed by atoms with van der Waals surface area (Å²) < 4.78 is 10.3. The van der Waals surface area contributed by atoms with Crippen molar-refractivity contribution in [3.63, 3.8) is 0 Å². The van der Waals surface area contributed by atoms with E-state index in [-0.39, 0.29) is 17.9 Å². The molecule has 2 N–H and O–H groups in total. The van der Waals surface area contributed by atoms with Crippen LogP contribution in [0.15, 0.2) is 29.1 Å². The summed E-state index contributed by atoms with van der Waals surface area (Å²) in [5, 5.41) is 8.12. The lowest BCUT2D eigenvalue weighted by Crippen LogP contribution is -2.29. The first kappa shape index (κ1) is 16.0. The molecule has 7 nitrogen and oxygen atoms in total. The van der Waals surface area contributed by atoms with Crippen molar-refractivity contribution in [1.29, 1.82) is 0 Å². The Morgan fingerprint density at radius 2 is 2.28 bits per heavy atom. The molecule has 130 valence electrons. The molecule has 1 aromatic carbocycles. The smallest absolute Gasteiger partial charge is 0.226 e. The van der Waals surface area contributed by atoms with Crippen LogP contribution in [0.1, 0.15) is 31.3 Å². The van der Waals surface area contributed by atoms with Gasteiger partial charge in [0.25, 0.3) is 0 Å². The number of fused-ring (bicyclic) bond motifs is 1. The highest BCUT2D eigenvalue weighted by molar-refractivity contribution is 6.32. The Morgan fingerprint density at radius 1 is 1.44 bits per heavy atom. The number of nitrogens with zero attached hydrogens (tertiary/aromatic N) is 2. The summed E-state index contributed by atoms with van der Waals surface area (Å²) >= 11 is 6.28. The van der Waals surface area contributed by atoms with Gasteiger partial charge in [-0.25, -0.2) is 0 Å². The highest BCUT2D eigenvalue weighted by Crippen LogP contribution is 2.45. The lowest BCUT2D eigenvalue weighted by molar-refractivity contribution is -0.125. The number of hydrogen-bond donors (Lipinski definition) is 2. The number of H-pyrrole nitrogens is 1. The Morgan fingerprint density at radius 3 is 3.00 bits per heavy atom. The molecule has 1 aliphatic rings. The fraction of sp³-hybridized carbons (Fsp3) is 0.353. The zero-order chi connectivity index (χ0) is 17.4. The summed E-state index contributed by atoms with van der Waals surface area (Å²) in [4.78, 5) is 19.2. The van der Waals surface area contributed by atoms with Crippen molar-refractivity contribution in [2.45, 2.75) is 32.9 Å². The number of aromatic nitrogens is 3. The number of halogens is 1. The molecule has 1 fully saturated rings. The van der Waals surface area contributed by atoms with Gasteiger partial charge in [-0.1, -0.05) is 23.7 Å². The maximum Gasteiger partial charge on any atom is 0.226 e. The fourth-order valence-electron chi connectivity index (χ4n) is 2.60. The second-order valence-corrected chi connectivity index (χ2v) is 6.95. The van der Waals surface area contributed by atoms with Crippen LogP contribution < -0.4 is 10.1 Å². The van der Waals surface area contributed by atoms with Crippen molar-refractivity contribution < 1.29 is 14.1 Å². The van der Waals surface area contributed by atoms with Gasteiger partial charge in [-0.2, -0.15) is 4.98 Å². The second-order valence-electron chi connectivity index (χ2n) is 6.54. The summed E-state index contributed by atoms with van der Waals surface area (Å²) in [7, 11) is 0. The average Bonchev–Trinajstić information content (AvgIpc) is 3.01. The number of benzene rings is 1. The van der Waals surface area contributed by atoms with Crippen LogP contribution in [-0.4, -0.2) is 21.0 Å². The maximum atomic E-state index is 12.0. The number of carbonyl (C=O) groups is 1. The fourth-order valence-corrected chi connectivity index (χ4v) is 2.83. The highest BCUT2D eigenvalue weighted by atomic mass is 35.5. The van der Waals surface area contributed by atoms with E-state index in [1.54, 1.807) is 0 Å². The SMILES string of the molecule is CC1(C(=O)NCc2cc3cc(Cl)c(OCc4ncon4)cc3[nH]2)CC1. The standard InChI is InChI=1S/C17H17ClN4O3/c1-17(2-3-17)16(23)19-7-11-4-10-5-12(18)14(6-13(10)21-11)24-8-15-20-9-25-22-15/h4-6,9,21H,2-3,7-8H2,1H3,(H,19,23). The first-order valence-electron chi connectivity index (χ1n) is 8.01. The van der Waals surface area contributed by atoms with Gasteiger partial charge in [0.15, 0.2) is 6.61 Å². The number of ether oxygens (including phenoxy) is 1. The Hall–Kier alpha value is -2.54. The van der Waals surface area contributed by atoms with Gasteiger partial charge in [0.2, 0.25) is 18.1 Å². The number of rotatable bonds is 6. The second kappa shape index (κ2) is 6.07. The van der Waals surface area contributed by atoms with Crippen LogP contribution in [0, 0.1) is 5.41 Å². The van der Waals surface area contributed by atoms with E-state index in [4.69, 9.17) is 16.3 Å². The van der Waals surface area contributed by atoms with Crippen molar-refractivity contribution in [1.82, 2.24) is 20.4 Å². The first-order chi connectivity index (χ1) is 12.0. The number of amides is 1. The Bertz CT molecular complexity index is 916. The summed E-state index contributed by atoms with van der Waals surface area (Å²) in [6.07, 6.45) is 3.17. The molecular formula is C17H17ClN4O3. The zero-order valence-corrected chi connectivity index (χ0v) is 14.4. The van der Waals surface area contributed by atoms with Crippen molar-refractivity contribution >= 4 is 28.4 Å². The topological polar surface area (TPSA) is 93.0 Å². The molecule has 0 spiro atoms. The number of aromatic amines is 1. The van der Waals surface area contributed by atoms with E-state index in [9.17, 15) is 4.79 Å². The van der Waals surface area contributed by atoms with E-state index in [2.05, 4.69) is 25.0 Å². The molecule has 8 heteroatoms. The molecule has 25 heavy (non-hydrogen) atoms. The molecule has 1 aliphatic carbocycles. The summed E-state index contributed by atoms with van der Waals surface area (Å²) in [6, 6.07) is 5.62. The minimum atomic E-state index is -0.175. The molecule has 3 aromatic rings. The molecule has 0 atom stereocenters. The molecule has 0 bridgehead atoms. The van der Waals surface area contributed by atoms with E-state index in [0.717, 1.165) is 29.4 Å². The Kier molecular flexibility index (Phi) is 3.88. The third-order valence-corrected chi connectivity index (χ3v) is 4.78. The number of hydrogen-bond acceptors (Lipinski definition) is 5. The van der Waals surface area contributed by atoms with Gasteiger partial charge in [0.05, 0.1) is 11.6 Å². The normalized spacial score (nSPS) is 15.3. The first-order valence-corrected chi connectivity index (χ1v) is 8.39. The minimum absolute atomic E-state index is 0.105. The van der Waals surface area contributed by atoms with Crippen molar-refractivity contribution in [2.75, 3.05) is 0 Å². The van der Waals surface area contributed by atoms with Crippen molar-refractivity contribution in [2.24, 2.45) is 5.41 Å². The maximum absolute atomic E-state index is 12.0. The molecule has 0 aliphatic heterocycles. The van der Waals surface area contributed by atoms with E-state index >= 15 is 0 Å². The van der Waals surface area contributed by atoms with E-state index < -0.39 is 0 Å². The molecular weight excluding hydrogens is 344 g/mol. The van der Waals surface area contributed by atoms with Crippen molar-refractivity contribution in [3.05, 3.63) is 41.1 Å². The molecule has 2 aromatic heterocycles. The van der Waals surface area contributed by atoms with Crippen LogP contribution in [-0.2, 0) is 17.9 Å². The third kappa shape index (κ3) is 3.32. The molecule has 1 amide bonds.